The molecule has 0 aromatic rings. The Morgan fingerprint density at radius 2 is 0.778 bits per heavy atom. The van der Waals surface area contributed by atoms with Crippen molar-refractivity contribution < 1.29 is 52.2 Å². The van der Waals surface area contributed by atoms with Gasteiger partial charge in [-0.1, -0.05) is 221 Å². The zero-order valence-electron chi connectivity index (χ0n) is 45.4. The minimum absolute atomic E-state index is 0.0392. The Morgan fingerprint density at radius 3 is 1.25 bits per heavy atom. The van der Waals surface area contributed by atoms with Crippen LogP contribution in [0.5, 0.6) is 0 Å². The van der Waals surface area contributed by atoms with E-state index in [0.717, 1.165) is 103 Å². The van der Waals surface area contributed by atoms with Gasteiger partial charge in [0, 0.05) is 19.3 Å². The van der Waals surface area contributed by atoms with Crippen LogP contribution in [0, 0.1) is 0 Å². The largest absolute Gasteiger partial charge is 0.472 e. The summed E-state index contributed by atoms with van der Waals surface area (Å²) in [5, 5.41) is 9.79. The van der Waals surface area contributed by atoms with Crippen LogP contribution in [-0.4, -0.2) is 66.5 Å². The minimum atomic E-state index is -4.77. The number of phosphoric ester groups is 1. The van der Waals surface area contributed by atoms with E-state index >= 15 is 0 Å². The van der Waals surface area contributed by atoms with Crippen molar-refractivity contribution in [2.24, 2.45) is 0 Å². The first-order valence-corrected chi connectivity index (χ1v) is 29.6. The number of carbonyl (C=O) groups excluding carboxylic acids is 3. The molecule has 0 amide bonds. The van der Waals surface area contributed by atoms with E-state index in [-0.39, 0.29) is 25.9 Å². The fraction of sp³-hybridized carbons (Fsp3) is 0.683. The number of rotatable bonds is 51. The van der Waals surface area contributed by atoms with E-state index in [2.05, 4.69) is 106 Å². The number of esters is 3. The Kier molecular flexibility index (Phi) is 51.0. The van der Waals surface area contributed by atoms with Crippen molar-refractivity contribution in [1.82, 2.24) is 0 Å². The van der Waals surface area contributed by atoms with Gasteiger partial charge in [-0.2, -0.15) is 0 Å². The Labute approximate surface area is 438 Å². The first-order valence-electron chi connectivity index (χ1n) is 28.1. The predicted octanol–water partition coefficient (Wildman–Crippen LogP) is 16.5. The fourth-order valence-corrected chi connectivity index (χ4v) is 8.03. The molecule has 72 heavy (non-hydrogen) atoms. The maximum Gasteiger partial charge on any atom is 0.472 e. The van der Waals surface area contributed by atoms with Gasteiger partial charge in [-0.25, -0.2) is 4.57 Å². The van der Waals surface area contributed by atoms with Crippen molar-refractivity contribution in [3.8, 4) is 0 Å². The van der Waals surface area contributed by atoms with Gasteiger partial charge < -0.3 is 24.2 Å². The molecule has 3 atom stereocenters. The summed E-state index contributed by atoms with van der Waals surface area (Å²) in [6, 6.07) is 0. The average molecular weight is 1030 g/mol. The second-order valence-electron chi connectivity index (χ2n) is 18.4. The highest BCUT2D eigenvalue weighted by Crippen LogP contribution is 2.43. The number of hydrogen-bond donors (Lipinski definition) is 2. The summed E-state index contributed by atoms with van der Waals surface area (Å²) in [6.45, 7) is 4.36. The standard InChI is InChI=1S/C60H101O11P/c1-4-7-10-13-16-19-22-25-26-27-28-29-30-33-36-39-42-45-48-51-60(64)71-57(53-67-58(62)49-46-43-40-37-34-31-23-20-17-14-11-8-5-2)55-69-72(65,66)68-54-56(52-61)70-59(63)50-47-44-41-38-35-32-24-21-18-15-12-9-6-3/h7,10,12,15-16,19,21,24-26,28-29,33,36,42,45,56-57,61H,4-6,8-9,11,13-14,17-18,20,22-23,27,30-32,34-35,37-41,43-44,46-55H2,1-3H3,(H,65,66)/b10-7-,15-12-,19-16-,24-21-,26-25-,29-28-,36-33-,45-42-. The summed E-state index contributed by atoms with van der Waals surface area (Å²) in [5.74, 6) is -1.58. The lowest BCUT2D eigenvalue weighted by molar-refractivity contribution is -0.161. The topological polar surface area (TPSA) is 155 Å². The molecule has 0 aliphatic carbocycles. The third-order valence-corrected chi connectivity index (χ3v) is 12.4. The number of hydrogen-bond acceptors (Lipinski definition) is 10. The summed E-state index contributed by atoms with van der Waals surface area (Å²) in [7, 11) is -4.77. The molecule has 0 heterocycles. The van der Waals surface area contributed by atoms with Gasteiger partial charge >= 0.3 is 25.7 Å². The molecule has 0 aromatic heterocycles. The molecule has 0 fully saturated rings. The van der Waals surface area contributed by atoms with Crippen LogP contribution in [0.15, 0.2) is 97.2 Å². The quantitative estimate of drug-likeness (QED) is 0.0197. The lowest BCUT2D eigenvalue weighted by atomic mass is 10.0. The minimum Gasteiger partial charge on any atom is -0.462 e. The summed E-state index contributed by atoms with van der Waals surface area (Å²) < 4.78 is 39.4. The molecule has 412 valence electrons. The number of phosphoric acid groups is 1. The Balaban J connectivity index is 4.86. The predicted molar refractivity (Wildman–Crippen MR) is 297 cm³/mol. The fourth-order valence-electron chi connectivity index (χ4n) is 7.24. The third kappa shape index (κ3) is 51.3. The maximum absolute atomic E-state index is 12.9. The van der Waals surface area contributed by atoms with Crippen LogP contribution in [0.2, 0.25) is 0 Å². The molecule has 0 bridgehead atoms. The highest BCUT2D eigenvalue weighted by atomic mass is 31.2. The Bertz CT molecular complexity index is 1580. The molecule has 3 unspecified atom stereocenters. The van der Waals surface area contributed by atoms with Crippen molar-refractivity contribution >= 4 is 25.7 Å². The Hall–Kier alpha value is -3.60. The average Bonchev–Trinajstić information content (AvgIpc) is 3.37. The molecule has 0 rings (SSSR count). The highest BCUT2D eigenvalue weighted by molar-refractivity contribution is 7.47. The molecular weight excluding hydrogens is 928 g/mol. The van der Waals surface area contributed by atoms with E-state index in [0.29, 0.717) is 25.7 Å². The third-order valence-electron chi connectivity index (χ3n) is 11.5. The number of unbranched alkanes of at least 4 members (excludes halogenated alkanes) is 18. The maximum atomic E-state index is 12.9. The molecule has 12 heteroatoms. The van der Waals surface area contributed by atoms with Crippen LogP contribution in [-0.2, 0) is 42.2 Å². The zero-order chi connectivity index (χ0) is 52.7. The van der Waals surface area contributed by atoms with Gasteiger partial charge in [-0.05, 0) is 83.5 Å². The number of aliphatic hydroxyl groups is 1. The molecule has 0 spiro atoms. The van der Waals surface area contributed by atoms with Crippen LogP contribution in [0.3, 0.4) is 0 Å². The number of carbonyl (C=O) groups is 3. The number of ether oxygens (including phenoxy) is 3. The monoisotopic (exact) mass is 1030 g/mol. The van der Waals surface area contributed by atoms with E-state index in [9.17, 15) is 28.9 Å². The van der Waals surface area contributed by atoms with Crippen LogP contribution in [0.4, 0.5) is 0 Å². The van der Waals surface area contributed by atoms with Crippen LogP contribution < -0.4 is 0 Å². The van der Waals surface area contributed by atoms with Gasteiger partial charge in [-0.15, -0.1) is 0 Å². The summed E-state index contributed by atoms with van der Waals surface area (Å²) in [6.07, 6.45) is 62.4. The molecule has 11 nitrogen and oxygen atoms in total. The molecule has 0 saturated heterocycles. The second kappa shape index (κ2) is 53.7. The van der Waals surface area contributed by atoms with E-state index in [1.165, 1.54) is 57.8 Å². The smallest absolute Gasteiger partial charge is 0.462 e. The SMILES string of the molecule is CC/C=C\C/C=C\C/C=C\C/C=C\C/C=C\C/C=C\CCC(=O)OC(COC(=O)CCCCCCCCCCCCCCC)COP(=O)(O)OCC(CO)OC(=O)CCCCCCC/C=C\C/C=C\CCC. The van der Waals surface area contributed by atoms with Gasteiger partial charge in [0.1, 0.15) is 12.7 Å². The van der Waals surface area contributed by atoms with Crippen molar-refractivity contribution in [3.05, 3.63) is 97.2 Å². The number of aliphatic hydroxyl groups excluding tert-OH is 1. The summed E-state index contributed by atoms with van der Waals surface area (Å²) in [5.41, 5.74) is 0. The van der Waals surface area contributed by atoms with E-state index in [4.69, 9.17) is 23.3 Å². The molecule has 0 saturated carbocycles. The lowest BCUT2D eigenvalue weighted by Crippen LogP contribution is -2.30. The van der Waals surface area contributed by atoms with Crippen LogP contribution >= 0.6 is 7.82 Å². The van der Waals surface area contributed by atoms with Gasteiger partial charge in [0.2, 0.25) is 0 Å². The normalized spacial score (nSPS) is 14.1. The molecular formula is C60H101O11P. The highest BCUT2D eigenvalue weighted by Gasteiger charge is 2.28. The summed E-state index contributed by atoms with van der Waals surface area (Å²) >= 11 is 0. The van der Waals surface area contributed by atoms with Crippen molar-refractivity contribution in [1.29, 1.82) is 0 Å². The van der Waals surface area contributed by atoms with E-state index < -0.39 is 57.8 Å². The van der Waals surface area contributed by atoms with Crippen molar-refractivity contribution in [2.45, 2.75) is 238 Å². The van der Waals surface area contributed by atoms with Crippen LogP contribution in [0.1, 0.15) is 226 Å². The van der Waals surface area contributed by atoms with E-state index in [1.807, 2.05) is 12.2 Å². The van der Waals surface area contributed by atoms with Gasteiger partial charge in [-0.3, -0.25) is 23.4 Å². The molecule has 0 aromatic carbocycles. The van der Waals surface area contributed by atoms with Gasteiger partial charge in [0.15, 0.2) is 6.10 Å². The van der Waals surface area contributed by atoms with E-state index in [1.54, 1.807) is 0 Å². The summed E-state index contributed by atoms with van der Waals surface area (Å²) in [4.78, 5) is 48.4. The first kappa shape index (κ1) is 68.4. The molecule has 2 N–H and O–H groups in total. The molecule has 0 radical (unpaired) electrons. The Morgan fingerprint density at radius 1 is 0.403 bits per heavy atom. The second-order valence-corrected chi connectivity index (χ2v) is 19.8. The zero-order valence-corrected chi connectivity index (χ0v) is 46.3. The van der Waals surface area contributed by atoms with Crippen molar-refractivity contribution in [2.75, 3.05) is 26.4 Å². The van der Waals surface area contributed by atoms with Gasteiger partial charge in [0.25, 0.3) is 0 Å². The first-order chi connectivity index (χ1) is 35.2. The van der Waals surface area contributed by atoms with Gasteiger partial charge in [0.05, 0.1) is 19.8 Å². The van der Waals surface area contributed by atoms with Crippen molar-refractivity contribution in [3.63, 3.8) is 0 Å². The number of allylic oxidation sites excluding steroid dienone is 16. The molecule has 0 aliphatic rings. The lowest BCUT2D eigenvalue weighted by Gasteiger charge is -2.21. The van der Waals surface area contributed by atoms with Crippen LogP contribution in [0.25, 0.3) is 0 Å². The molecule has 0 aliphatic heterocycles.